The summed E-state index contributed by atoms with van der Waals surface area (Å²) >= 11 is 1.31. The van der Waals surface area contributed by atoms with Crippen molar-refractivity contribution in [1.82, 2.24) is 14.6 Å². The molecule has 0 aliphatic rings. The van der Waals surface area contributed by atoms with Gasteiger partial charge in [-0.2, -0.15) is 4.31 Å². The predicted octanol–water partition coefficient (Wildman–Crippen LogP) is 2.07. The van der Waals surface area contributed by atoms with Crippen molar-refractivity contribution < 1.29 is 8.42 Å². The molecular weight excluding hydrogens is 306 g/mol. The van der Waals surface area contributed by atoms with Gasteiger partial charge in [-0.05, 0) is 36.4 Å². The fourth-order valence-corrected chi connectivity index (χ4v) is 4.52. The van der Waals surface area contributed by atoms with Gasteiger partial charge in [0.25, 0.3) is 10.0 Å². The Morgan fingerprint density at radius 3 is 2.62 bits per heavy atom. The molecular formula is C14H19N3O2S2. The Hall–Kier alpha value is -1.28. The number of nitrogens with one attached hydrogen (secondary N) is 1. The van der Waals surface area contributed by atoms with Crippen molar-refractivity contribution in [3.05, 3.63) is 47.1 Å². The standard InChI is InChI=1S/C14H19N3O2S2/c1-3-15-10-13-4-5-14(20-13)21(18,19)17(2)11-12-6-8-16-9-7-12/h4-9,15H,3,10-11H2,1-2H3. The number of pyridine rings is 1. The van der Waals surface area contributed by atoms with E-state index in [1.54, 1.807) is 25.5 Å². The molecule has 0 aromatic carbocycles. The topological polar surface area (TPSA) is 62.3 Å². The minimum atomic E-state index is -3.44. The molecule has 0 amide bonds. The molecule has 5 nitrogen and oxygen atoms in total. The minimum Gasteiger partial charge on any atom is -0.312 e. The summed E-state index contributed by atoms with van der Waals surface area (Å²) in [5.41, 5.74) is 0.917. The maximum absolute atomic E-state index is 12.5. The lowest BCUT2D eigenvalue weighted by atomic mass is 10.3. The molecule has 0 bridgehead atoms. The summed E-state index contributed by atoms with van der Waals surface area (Å²) in [6.07, 6.45) is 3.32. The molecule has 21 heavy (non-hydrogen) atoms. The number of hydrogen-bond acceptors (Lipinski definition) is 5. The van der Waals surface area contributed by atoms with E-state index in [0.717, 1.165) is 17.0 Å². The maximum atomic E-state index is 12.5. The summed E-state index contributed by atoms with van der Waals surface area (Å²) in [6.45, 7) is 3.92. The Labute approximate surface area is 129 Å². The molecule has 0 fully saturated rings. The minimum absolute atomic E-state index is 0.339. The smallest absolute Gasteiger partial charge is 0.252 e. The largest absolute Gasteiger partial charge is 0.312 e. The number of hydrogen-bond donors (Lipinski definition) is 1. The monoisotopic (exact) mass is 325 g/mol. The van der Waals surface area contributed by atoms with E-state index in [4.69, 9.17) is 0 Å². The normalized spacial score (nSPS) is 12.0. The van der Waals surface area contributed by atoms with Crippen molar-refractivity contribution in [3.8, 4) is 0 Å². The average Bonchev–Trinajstić information content (AvgIpc) is 2.95. The fourth-order valence-electron chi connectivity index (χ4n) is 1.82. The van der Waals surface area contributed by atoms with Gasteiger partial charge in [-0.3, -0.25) is 4.98 Å². The van der Waals surface area contributed by atoms with E-state index in [-0.39, 0.29) is 0 Å². The lowest BCUT2D eigenvalue weighted by Crippen LogP contribution is -2.25. The first-order chi connectivity index (χ1) is 10.0. The molecule has 2 aromatic rings. The van der Waals surface area contributed by atoms with Gasteiger partial charge in [0, 0.05) is 37.4 Å². The third-order valence-electron chi connectivity index (χ3n) is 3.01. The highest BCUT2D eigenvalue weighted by Crippen LogP contribution is 2.25. The van der Waals surface area contributed by atoms with Gasteiger partial charge < -0.3 is 5.32 Å². The Morgan fingerprint density at radius 2 is 1.95 bits per heavy atom. The van der Waals surface area contributed by atoms with E-state index in [1.807, 2.05) is 25.1 Å². The Bertz CT molecular complexity index is 669. The van der Waals surface area contributed by atoms with Gasteiger partial charge in [0.1, 0.15) is 4.21 Å². The molecule has 7 heteroatoms. The molecule has 0 spiro atoms. The first-order valence-corrected chi connectivity index (χ1v) is 8.94. The lowest BCUT2D eigenvalue weighted by Gasteiger charge is -2.15. The zero-order valence-electron chi connectivity index (χ0n) is 12.1. The van der Waals surface area contributed by atoms with Crippen LogP contribution in [0.3, 0.4) is 0 Å². The zero-order valence-corrected chi connectivity index (χ0v) is 13.7. The number of thiophene rings is 1. The second kappa shape index (κ2) is 7.13. The van der Waals surface area contributed by atoms with Gasteiger partial charge in [-0.25, -0.2) is 8.42 Å². The van der Waals surface area contributed by atoms with Gasteiger partial charge in [0.15, 0.2) is 0 Å². The molecule has 2 aromatic heterocycles. The average molecular weight is 325 g/mol. The van der Waals surface area contributed by atoms with Crippen LogP contribution in [0.5, 0.6) is 0 Å². The molecule has 1 N–H and O–H groups in total. The number of rotatable bonds is 7. The second-order valence-corrected chi connectivity index (χ2v) is 8.06. The molecule has 0 saturated carbocycles. The molecule has 2 rings (SSSR count). The van der Waals surface area contributed by atoms with Crippen molar-refractivity contribution in [3.63, 3.8) is 0 Å². The number of sulfonamides is 1. The molecule has 114 valence electrons. The van der Waals surface area contributed by atoms with E-state index >= 15 is 0 Å². The van der Waals surface area contributed by atoms with Crippen molar-refractivity contribution in [2.45, 2.75) is 24.2 Å². The van der Waals surface area contributed by atoms with Crippen LogP contribution in [0.15, 0.2) is 40.9 Å². The molecule has 0 atom stereocenters. The van der Waals surface area contributed by atoms with Crippen molar-refractivity contribution in [2.24, 2.45) is 0 Å². The van der Waals surface area contributed by atoms with Gasteiger partial charge in [0.2, 0.25) is 0 Å². The lowest BCUT2D eigenvalue weighted by molar-refractivity contribution is 0.468. The molecule has 0 aliphatic carbocycles. The summed E-state index contributed by atoms with van der Waals surface area (Å²) in [6, 6.07) is 7.17. The van der Waals surface area contributed by atoms with Crippen LogP contribution < -0.4 is 5.32 Å². The van der Waals surface area contributed by atoms with E-state index in [1.165, 1.54) is 15.6 Å². The predicted molar refractivity (Wildman–Crippen MR) is 84.6 cm³/mol. The van der Waals surface area contributed by atoms with Crippen LogP contribution in [-0.4, -0.2) is 31.3 Å². The molecule has 0 saturated heterocycles. The van der Waals surface area contributed by atoms with Crippen LogP contribution in [0.1, 0.15) is 17.4 Å². The van der Waals surface area contributed by atoms with E-state index < -0.39 is 10.0 Å². The van der Waals surface area contributed by atoms with Crippen LogP contribution in [0.2, 0.25) is 0 Å². The Morgan fingerprint density at radius 1 is 1.24 bits per heavy atom. The highest BCUT2D eigenvalue weighted by molar-refractivity contribution is 7.91. The highest BCUT2D eigenvalue weighted by Gasteiger charge is 2.22. The summed E-state index contributed by atoms with van der Waals surface area (Å²) in [5, 5.41) is 3.19. The van der Waals surface area contributed by atoms with Gasteiger partial charge in [0.05, 0.1) is 0 Å². The van der Waals surface area contributed by atoms with Crippen molar-refractivity contribution >= 4 is 21.4 Å². The van der Waals surface area contributed by atoms with Crippen molar-refractivity contribution in [1.29, 1.82) is 0 Å². The maximum Gasteiger partial charge on any atom is 0.252 e. The molecule has 0 unspecified atom stereocenters. The zero-order chi connectivity index (χ0) is 15.3. The molecule has 2 heterocycles. The first-order valence-electron chi connectivity index (χ1n) is 6.68. The van der Waals surface area contributed by atoms with Crippen LogP contribution in [0.4, 0.5) is 0 Å². The van der Waals surface area contributed by atoms with E-state index in [9.17, 15) is 8.42 Å². The van der Waals surface area contributed by atoms with Crippen LogP contribution in [-0.2, 0) is 23.1 Å². The summed E-state index contributed by atoms with van der Waals surface area (Å²) < 4.78 is 26.8. The van der Waals surface area contributed by atoms with Crippen molar-refractivity contribution in [2.75, 3.05) is 13.6 Å². The van der Waals surface area contributed by atoms with Crippen LogP contribution in [0.25, 0.3) is 0 Å². The molecule has 0 aliphatic heterocycles. The Balaban J connectivity index is 2.11. The van der Waals surface area contributed by atoms with E-state index in [0.29, 0.717) is 17.3 Å². The SMILES string of the molecule is CCNCc1ccc(S(=O)(=O)N(C)Cc2ccncc2)s1. The number of nitrogens with zero attached hydrogens (tertiary/aromatic N) is 2. The van der Waals surface area contributed by atoms with E-state index in [2.05, 4.69) is 10.3 Å². The summed E-state index contributed by atoms with van der Waals surface area (Å²) in [4.78, 5) is 4.95. The summed E-state index contributed by atoms with van der Waals surface area (Å²) in [7, 11) is -1.84. The molecule has 0 radical (unpaired) electrons. The van der Waals surface area contributed by atoms with Gasteiger partial charge in [-0.1, -0.05) is 6.92 Å². The number of aromatic nitrogens is 1. The van der Waals surface area contributed by atoms with Crippen LogP contribution >= 0.6 is 11.3 Å². The first kappa shape index (κ1) is 16.1. The van der Waals surface area contributed by atoms with Gasteiger partial charge in [-0.15, -0.1) is 11.3 Å². The third-order valence-corrected chi connectivity index (χ3v) is 6.36. The van der Waals surface area contributed by atoms with Gasteiger partial charge >= 0.3 is 0 Å². The quantitative estimate of drug-likeness (QED) is 0.846. The second-order valence-electron chi connectivity index (χ2n) is 4.62. The summed E-state index contributed by atoms with van der Waals surface area (Å²) in [5.74, 6) is 0. The van der Waals surface area contributed by atoms with Crippen LogP contribution in [0, 0.1) is 0 Å². The fraction of sp³-hybridized carbons (Fsp3) is 0.357. The highest BCUT2D eigenvalue weighted by atomic mass is 32.2. The third kappa shape index (κ3) is 4.10. The Kier molecular flexibility index (Phi) is 5.46.